The van der Waals surface area contributed by atoms with Gasteiger partial charge in [0, 0.05) is 23.7 Å². The summed E-state index contributed by atoms with van der Waals surface area (Å²) in [5.74, 6) is 0.390. The fourth-order valence-corrected chi connectivity index (χ4v) is 2.64. The van der Waals surface area contributed by atoms with Gasteiger partial charge in [-0.2, -0.15) is 0 Å². The number of rotatable bonds is 8. The summed E-state index contributed by atoms with van der Waals surface area (Å²) in [4.78, 5) is 20.1. The lowest BCUT2D eigenvalue weighted by Crippen LogP contribution is -2.15. The molecule has 0 aliphatic heterocycles. The van der Waals surface area contributed by atoms with E-state index in [4.69, 9.17) is 15.9 Å². The van der Waals surface area contributed by atoms with E-state index in [0.717, 1.165) is 16.8 Å². The maximum absolute atomic E-state index is 11.2. The second-order valence-electron chi connectivity index (χ2n) is 6.13. The SMILES string of the molecule is CCOc1ncccc1-c1cc(NCC(N)=CC(C)=O)c(C)c(C(C)=N)n1. The molecule has 2 heterocycles. The highest BCUT2D eigenvalue weighted by molar-refractivity contribution is 5.98. The molecule has 2 aromatic heterocycles. The van der Waals surface area contributed by atoms with Crippen LogP contribution in [0.3, 0.4) is 0 Å². The van der Waals surface area contributed by atoms with Crippen molar-refractivity contribution in [1.29, 1.82) is 5.41 Å². The van der Waals surface area contributed by atoms with E-state index < -0.39 is 0 Å². The van der Waals surface area contributed by atoms with E-state index in [1.807, 2.05) is 32.0 Å². The quantitative estimate of drug-likeness (QED) is 0.488. The lowest BCUT2D eigenvalue weighted by Gasteiger charge is -2.16. The van der Waals surface area contributed by atoms with Gasteiger partial charge >= 0.3 is 0 Å². The zero-order valence-electron chi connectivity index (χ0n) is 16.1. The van der Waals surface area contributed by atoms with Crippen molar-refractivity contribution in [2.24, 2.45) is 5.73 Å². The first kappa shape index (κ1) is 20.1. The number of ketones is 1. The average Bonchev–Trinajstić information content (AvgIpc) is 2.61. The topological polar surface area (TPSA) is 114 Å². The fourth-order valence-electron chi connectivity index (χ4n) is 2.64. The Morgan fingerprint density at radius 1 is 1.41 bits per heavy atom. The molecule has 0 amide bonds. The molecule has 0 radical (unpaired) electrons. The van der Waals surface area contributed by atoms with Crippen LogP contribution in [0.5, 0.6) is 5.88 Å². The van der Waals surface area contributed by atoms with Gasteiger partial charge in [0.15, 0.2) is 5.78 Å². The first-order valence-electron chi connectivity index (χ1n) is 8.69. The van der Waals surface area contributed by atoms with Crippen LogP contribution >= 0.6 is 0 Å². The first-order valence-corrected chi connectivity index (χ1v) is 8.69. The smallest absolute Gasteiger partial charge is 0.222 e. The van der Waals surface area contributed by atoms with E-state index in [1.165, 1.54) is 13.0 Å². The highest BCUT2D eigenvalue weighted by Crippen LogP contribution is 2.31. The van der Waals surface area contributed by atoms with E-state index in [0.29, 0.717) is 41.8 Å². The van der Waals surface area contributed by atoms with Crippen molar-refractivity contribution in [3.63, 3.8) is 0 Å². The molecule has 0 aliphatic rings. The van der Waals surface area contributed by atoms with Gasteiger partial charge in [-0.3, -0.25) is 4.79 Å². The molecule has 7 nitrogen and oxygen atoms in total. The zero-order valence-corrected chi connectivity index (χ0v) is 16.1. The van der Waals surface area contributed by atoms with Crippen LogP contribution in [0, 0.1) is 12.3 Å². The highest BCUT2D eigenvalue weighted by Gasteiger charge is 2.15. The number of aromatic nitrogens is 2. The summed E-state index contributed by atoms with van der Waals surface area (Å²) in [6, 6.07) is 5.58. The number of hydrogen-bond acceptors (Lipinski definition) is 7. The van der Waals surface area contributed by atoms with Crippen molar-refractivity contribution in [2.75, 3.05) is 18.5 Å². The molecule has 0 unspecified atom stereocenters. The second-order valence-corrected chi connectivity index (χ2v) is 6.13. The predicted molar refractivity (Wildman–Crippen MR) is 107 cm³/mol. The molecule has 0 aliphatic carbocycles. The molecule has 0 saturated heterocycles. The number of nitrogens with zero attached hydrogens (tertiary/aromatic N) is 2. The monoisotopic (exact) mass is 367 g/mol. The van der Waals surface area contributed by atoms with Crippen molar-refractivity contribution in [1.82, 2.24) is 9.97 Å². The number of carbonyl (C=O) groups is 1. The van der Waals surface area contributed by atoms with E-state index in [1.54, 1.807) is 13.1 Å². The van der Waals surface area contributed by atoms with Crippen LogP contribution < -0.4 is 15.8 Å². The Hall–Kier alpha value is -3.22. The van der Waals surface area contributed by atoms with Crippen LogP contribution in [0.2, 0.25) is 0 Å². The summed E-state index contributed by atoms with van der Waals surface area (Å²) in [5, 5.41) is 11.3. The van der Waals surface area contributed by atoms with E-state index >= 15 is 0 Å². The third-order valence-electron chi connectivity index (χ3n) is 3.83. The number of nitrogens with one attached hydrogen (secondary N) is 2. The molecular weight excluding hydrogens is 342 g/mol. The highest BCUT2D eigenvalue weighted by atomic mass is 16.5. The third kappa shape index (κ3) is 5.13. The summed E-state index contributed by atoms with van der Waals surface area (Å²) < 4.78 is 5.61. The number of ether oxygens (including phenoxy) is 1. The number of anilines is 1. The Labute approximate surface area is 159 Å². The molecule has 4 N–H and O–H groups in total. The van der Waals surface area contributed by atoms with Gasteiger partial charge in [0.05, 0.1) is 35.8 Å². The molecule has 7 heteroatoms. The molecule has 0 fully saturated rings. The molecule has 27 heavy (non-hydrogen) atoms. The summed E-state index contributed by atoms with van der Waals surface area (Å²) in [6.07, 6.45) is 3.05. The van der Waals surface area contributed by atoms with Gasteiger partial charge in [0.2, 0.25) is 5.88 Å². The van der Waals surface area contributed by atoms with Gasteiger partial charge < -0.3 is 21.2 Å². The molecule has 0 aromatic carbocycles. The summed E-state index contributed by atoms with van der Waals surface area (Å²) >= 11 is 0. The van der Waals surface area contributed by atoms with Crippen LogP contribution in [0.15, 0.2) is 36.2 Å². The van der Waals surface area contributed by atoms with Gasteiger partial charge in [-0.05, 0) is 51.5 Å². The maximum atomic E-state index is 11.2. The second kappa shape index (κ2) is 8.93. The molecule has 0 spiro atoms. The van der Waals surface area contributed by atoms with Gasteiger partial charge in [0.25, 0.3) is 0 Å². The first-order chi connectivity index (χ1) is 12.8. The molecule has 0 atom stereocenters. The van der Waals surface area contributed by atoms with E-state index in [9.17, 15) is 4.79 Å². The number of hydrogen-bond donors (Lipinski definition) is 3. The lowest BCUT2D eigenvalue weighted by molar-refractivity contribution is -0.112. The minimum Gasteiger partial charge on any atom is -0.477 e. The van der Waals surface area contributed by atoms with E-state index in [-0.39, 0.29) is 5.78 Å². The van der Waals surface area contributed by atoms with Gasteiger partial charge in [-0.25, -0.2) is 9.97 Å². The largest absolute Gasteiger partial charge is 0.477 e. The minimum atomic E-state index is -0.103. The van der Waals surface area contributed by atoms with Crippen LogP contribution in [0.25, 0.3) is 11.3 Å². The van der Waals surface area contributed by atoms with E-state index in [2.05, 4.69) is 15.3 Å². The van der Waals surface area contributed by atoms with Crippen LogP contribution in [-0.4, -0.2) is 34.6 Å². The maximum Gasteiger partial charge on any atom is 0.222 e. The summed E-state index contributed by atoms with van der Waals surface area (Å²) in [5.41, 5.74) is 10.3. The van der Waals surface area contributed by atoms with Crippen molar-refractivity contribution >= 4 is 17.2 Å². The number of carbonyl (C=O) groups excluding carboxylic acids is 1. The Kier molecular flexibility index (Phi) is 6.65. The number of allylic oxidation sites excluding steroid dienone is 1. The Morgan fingerprint density at radius 2 is 2.15 bits per heavy atom. The third-order valence-corrected chi connectivity index (χ3v) is 3.83. The molecule has 0 saturated carbocycles. The summed E-state index contributed by atoms with van der Waals surface area (Å²) in [6.45, 7) is 7.74. The normalized spacial score (nSPS) is 11.2. The Balaban J connectivity index is 2.50. The molecule has 142 valence electrons. The van der Waals surface area contributed by atoms with Crippen molar-refractivity contribution in [3.8, 4) is 17.1 Å². The lowest BCUT2D eigenvalue weighted by atomic mass is 10.1. The molecular formula is C20H25N5O2. The number of pyridine rings is 2. The molecule has 2 rings (SSSR count). The summed E-state index contributed by atoms with van der Waals surface area (Å²) in [7, 11) is 0. The Bertz CT molecular complexity index is 890. The van der Waals surface area contributed by atoms with Crippen LogP contribution in [0.1, 0.15) is 32.0 Å². The van der Waals surface area contributed by atoms with Crippen LogP contribution in [0.4, 0.5) is 5.69 Å². The van der Waals surface area contributed by atoms with Crippen molar-refractivity contribution in [3.05, 3.63) is 47.4 Å². The van der Waals surface area contributed by atoms with Gasteiger partial charge in [0.1, 0.15) is 0 Å². The van der Waals surface area contributed by atoms with Gasteiger partial charge in [-0.15, -0.1) is 0 Å². The number of nitrogens with two attached hydrogens (primary N) is 1. The molecule has 0 bridgehead atoms. The predicted octanol–water partition coefficient (Wildman–Crippen LogP) is 3.08. The van der Waals surface area contributed by atoms with Crippen molar-refractivity contribution in [2.45, 2.75) is 27.7 Å². The van der Waals surface area contributed by atoms with Crippen molar-refractivity contribution < 1.29 is 9.53 Å². The molecule has 2 aromatic rings. The van der Waals surface area contributed by atoms with Gasteiger partial charge in [-0.1, -0.05) is 0 Å². The van der Waals surface area contributed by atoms with Crippen LogP contribution in [-0.2, 0) is 4.79 Å². The average molecular weight is 367 g/mol. The zero-order chi connectivity index (χ0) is 20.0. The fraction of sp³-hybridized carbons (Fsp3) is 0.300. The minimum absolute atomic E-state index is 0.103. The standard InChI is InChI=1S/C20H25N5O2/c1-5-27-20-16(7-6-8-23-20)18-10-17(13(3)19(25-18)14(4)21)24-11-15(22)9-12(2)26/h6-10,21H,5,11,22H2,1-4H3,(H,24,25). The Morgan fingerprint density at radius 3 is 2.78 bits per heavy atom.